The molecule has 0 saturated carbocycles. The van der Waals surface area contributed by atoms with E-state index in [1.807, 2.05) is 18.2 Å². The van der Waals surface area contributed by atoms with E-state index in [4.69, 9.17) is 33.2 Å². The van der Waals surface area contributed by atoms with E-state index >= 15 is 0 Å². The second-order valence-electron chi connectivity index (χ2n) is 7.77. The van der Waals surface area contributed by atoms with Crippen LogP contribution in [-0.2, 0) is 16.0 Å². The molecule has 1 fully saturated rings. The van der Waals surface area contributed by atoms with E-state index in [0.717, 1.165) is 16.7 Å². The molecule has 8 nitrogen and oxygen atoms in total. The Hall–Kier alpha value is -3.29. The van der Waals surface area contributed by atoms with Crippen LogP contribution in [0, 0.1) is 11.8 Å². The van der Waals surface area contributed by atoms with Gasteiger partial charge in [0.2, 0.25) is 18.3 Å². The first kappa shape index (κ1) is 19.7. The number of ether oxygens (including phenoxy) is 7. The topological polar surface area (TPSA) is 81.7 Å². The Kier molecular flexibility index (Phi) is 4.72. The molecule has 0 unspecified atom stereocenters. The van der Waals surface area contributed by atoms with E-state index in [9.17, 15) is 4.79 Å². The number of cyclic esters (lactones) is 1. The van der Waals surface area contributed by atoms with Gasteiger partial charge in [0.1, 0.15) is 0 Å². The SMILES string of the molecule is COc1cc([C@H]2c3cc4c(c(OC)c3C[C@H]3COC(=O)[C@H]32)OCO4)cc(OC)c1OC. The van der Waals surface area contributed by atoms with Gasteiger partial charge in [-0.1, -0.05) is 0 Å². The fourth-order valence-electron chi connectivity index (χ4n) is 5.07. The van der Waals surface area contributed by atoms with Gasteiger partial charge in [0.15, 0.2) is 23.0 Å². The van der Waals surface area contributed by atoms with Gasteiger partial charge in [0, 0.05) is 17.4 Å². The Morgan fingerprint density at radius 3 is 2.23 bits per heavy atom. The molecule has 2 aromatic carbocycles. The number of fused-ring (bicyclic) bond motifs is 3. The number of esters is 1. The predicted molar refractivity (Wildman–Crippen MR) is 109 cm³/mol. The van der Waals surface area contributed by atoms with Crippen molar-refractivity contribution in [1.29, 1.82) is 0 Å². The van der Waals surface area contributed by atoms with Crippen LogP contribution in [0.3, 0.4) is 0 Å². The normalized spacial score (nSPS) is 23.0. The van der Waals surface area contributed by atoms with Crippen LogP contribution in [0.25, 0.3) is 0 Å². The molecule has 164 valence electrons. The summed E-state index contributed by atoms with van der Waals surface area (Å²) in [4.78, 5) is 12.8. The monoisotopic (exact) mass is 428 g/mol. The molecule has 1 saturated heterocycles. The van der Waals surface area contributed by atoms with Crippen molar-refractivity contribution in [2.75, 3.05) is 41.8 Å². The molecule has 2 aromatic rings. The smallest absolute Gasteiger partial charge is 0.310 e. The van der Waals surface area contributed by atoms with Crippen LogP contribution in [0.4, 0.5) is 0 Å². The van der Waals surface area contributed by atoms with Gasteiger partial charge in [-0.3, -0.25) is 4.79 Å². The van der Waals surface area contributed by atoms with Crippen molar-refractivity contribution in [3.63, 3.8) is 0 Å². The summed E-state index contributed by atoms with van der Waals surface area (Å²) in [5.74, 6) is 2.62. The Balaban J connectivity index is 1.76. The van der Waals surface area contributed by atoms with Gasteiger partial charge >= 0.3 is 5.97 Å². The first-order valence-corrected chi connectivity index (χ1v) is 10.1. The number of benzene rings is 2. The maximum Gasteiger partial charge on any atom is 0.310 e. The van der Waals surface area contributed by atoms with Gasteiger partial charge in [-0.2, -0.15) is 0 Å². The maximum absolute atomic E-state index is 12.8. The van der Waals surface area contributed by atoms with Gasteiger partial charge in [-0.05, 0) is 35.7 Å². The molecular formula is C23H24O8. The van der Waals surface area contributed by atoms with Gasteiger partial charge in [0.05, 0.1) is 41.0 Å². The largest absolute Gasteiger partial charge is 0.493 e. The van der Waals surface area contributed by atoms with Crippen molar-refractivity contribution < 1.29 is 38.0 Å². The van der Waals surface area contributed by atoms with Crippen molar-refractivity contribution in [3.05, 3.63) is 34.9 Å². The minimum absolute atomic E-state index is 0.0263. The molecule has 0 spiro atoms. The summed E-state index contributed by atoms with van der Waals surface area (Å²) in [6, 6.07) is 5.73. The quantitative estimate of drug-likeness (QED) is 0.673. The predicted octanol–water partition coefficient (Wildman–Crippen LogP) is 2.93. The highest BCUT2D eigenvalue weighted by Gasteiger charge is 2.49. The zero-order valence-electron chi connectivity index (χ0n) is 17.9. The van der Waals surface area contributed by atoms with E-state index < -0.39 is 0 Å². The number of carbonyl (C=O) groups excluding carboxylic acids is 1. The molecule has 2 heterocycles. The summed E-state index contributed by atoms with van der Waals surface area (Å²) in [5, 5.41) is 0. The summed E-state index contributed by atoms with van der Waals surface area (Å²) < 4.78 is 39.2. The third-order valence-corrected chi connectivity index (χ3v) is 6.39. The van der Waals surface area contributed by atoms with Crippen LogP contribution in [0.2, 0.25) is 0 Å². The highest BCUT2D eigenvalue weighted by atomic mass is 16.7. The van der Waals surface area contributed by atoms with Crippen molar-refractivity contribution in [1.82, 2.24) is 0 Å². The second kappa shape index (κ2) is 7.44. The fraction of sp³-hybridized carbons (Fsp3) is 0.435. The molecule has 0 radical (unpaired) electrons. The van der Waals surface area contributed by atoms with E-state index in [0.29, 0.717) is 47.5 Å². The number of hydrogen-bond donors (Lipinski definition) is 0. The lowest BCUT2D eigenvalue weighted by Crippen LogP contribution is -2.32. The molecule has 3 atom stereocenters. The van der Waals surface area contributed by atoms with Gasteiger partial charge in [-0.25, -0.2) is 0 Å². The number of carbonyl (C=O) groups is 1. The van der Waals surface area contributed by atoms with Crippen molar-refractivity contribution in [2.45, 2.75) is 12.3 Å². The molecule has 1 aliphatic carbocycles. The highest BCUT2D eigenvalue weighted by molar-refractivity contribution is 5.79. The molecule has 0 N–H and O–H groups in total. The van der Waals surface area contributed by atoms with Crippen LogP contribution in [0.5, 0.6) is 34.5 Å². The van der Waals surface area contributed by atoms with Crippen LogP contribution in [0.1, 0.15) is 22.6 Å². The van der Waals surface area contributed by atoms with E-state index in [1.54, 1.807) is 28.4 Å². The molecule has 0 amide bonds. The standard InChI is InChI=1S/C23H24O8/c1-25-15-6-11(7-16(26-2)21(15)28-4)18-13-8-17-22(31-10-30-17)20(27-3)14(13)5-12-9-29-23(24)19(12)18/h6-8,12,18-19H,5,9-10H2,1-4H3/t12-,18-,19+/m0/s1. The highest BCUT2D eigenvalue weighted by Crippen LogP contribution is 2.56. The minimum atomic E-state index is -0.333. The Labute approximate surface area is 179 Å². The molecule has 2 aliphatic heterocycles. The lowest BCUT2D eigenvalue weighted by molar-refractivity contribution is -0.141. The van der Waals surface area contributed by atoms with Gasteiger partial charge < -0.3 is 33.2 Å². The molecule has 3 aliphatic rings. The van der Waals surface area contributed by atoms with Crippen molar-refractivity contribution in [3.8, 4) is 34.5 Å². The van der Waals surface area contributed by atoms with Crippen LogP contribution in [-0.4, -0.2) is 47.8 Å². The second-order valence-corrected chi connectivity index (χ2v) is 7.77. The summed E-state index contributed by atoms with van der Waals surface area (Å²) in [6.45, 7) is 0.514. The summed E-state index contributed by atoms with van der Waals surface area (Å²) >= 11 is 0. The first-order valence-electron chi connectivity index (χ1n) is 10.1. The number of methoxy groups -OCH3 is 4. The van der Waals surface area contributed by atoms with Crippen molar-refractivity contribution in [2.24, 2.45) is 11.8 Å². The fourth-order valence-corrected chi connectivity index (χ4v) is 5.07. The summed E-state index contributed by atoms with van der Waals surface area (Å²) in [6.07, 6.45) is 0.659. The zero-order chi connectivity index (χ0) is 21.7. The number of rotatable bonds is 5. The lowest BCUT2D eigenvalue weighted by atomic mass is 9.67. The molecule has 5 rings (SSSR count). The zero-order valence-corrected chi connectivity index (χ0v) is 17.9. The molecule has 8 heteroatoms. The maximum atomic E-state index is 12.8. The van der Waals surface area contributed by atoms with E-state index in [-0.39, 0.29) is 30.5 Å². The Morgan fingerprint density at radius 1 is 0.871 bits per heavy atom. The Bertz CT molecular complexity index is 1020. The average Bonchev–Trinajstić information content (AvgIpc) is 3.41. The first-order chi connectivity index (χ1) is 15.1. The molecular weight excluding hydrogens is 404 g/mol. The number of hydrogen-bond acceptors (Lipinski definition) is 8. The summed E-state index contributed by atoms with van der Waals surface area (Å²) in [5.41, 5.74) is 2.82. The van der Waals surface area contributed by atoms with Crippen molar-refractivity contribution >= 4 is 5.97 Å². The minimum Gasteiger partial charge on any atom is -0.493 e. The van der Waals surface area contributed by atoms with Gasteiger partial charge in [-0.15, -0.1) is 0 Å². The third kappa shape index (κ3) is 2.85. The van der Waals surface area contributed by atoms with Crippen LogP contribution < -0.4 is 28.4 Å². The van der Waals surface area contributed by atoms with Crippen LogP contribution >= 0.6 is 0 Å². The van der Waals surface area contributed by atoms with E-state index in [2.05, 4.69) is 0 Å². The Morgan fingerprint density at radius 2 is 1.58 bits per heavy atom. The lowest BCUT2D eigenvalue weighted by Gasteiger charge is -2.34. The molecule has 31 heavy (non-hydrogen) atoms. The molecule has 0 bridgehead atoms. The average molecular weight is 428 g/mol. The third-order valence-electron chi connectivity index (χ3n) is 6.39. The molecule has 0 aromatic heterocycles. The van der Waals surface area contributed by atoms with Gasteiger partial charge in [0.25, 0.3) is 0 Å². The van der Waals surface area contributed by atoms with E-state index in [1.165, 1.54) is 0 Å². The van der Waals surface area contributed by atoms with Crippen LogP contribution in [0.15, 0.2) is 18.2 Å². The summed E-state index contributed by atoms with van der Waals surface area (Å²) in [7, 11) is 6.33.